The van der Waals surface area contributed by atoms with Gasteiger partial charge in [-0.05, 0) is 62.1 Å². The number of hydrazone groups is 1. The van der Waals surface area contributed by atoms with Crippen LogP contribution < -0.4 is 10.2 Å². The zero-order chi connectivity index (χ0) is 21.2. The van der Waals surface area contributed by atoms with E-state index in [0.29, 0.717) is 28.9 Å². The Morgan fingerprint density at radius 2 is 1.93 bits per heavy atom. The summed E-state index contributed by atoms with van der Waals surface area (Å²) in [6.45, 7) is 4.56. The molecule has 0 amide bonds. The van der Waals surface area contributed by atoms with Crippen LogP contribution in [-0.2, 0) is 11.2 Å². The molecule has 0 bridgehead atoms. The first-order chi connectivity index (χ1) is 14.7. The van der Waals surface area contributed by atoms with Crippen molar-refractivity contribution in [3.8, 4) is 5.75 Å². The normalized spacial score (nSPS) is 10.9. The molecule has 3 rings (SSSR count). The molecule has 0 unspecified atom stereocenters. The maximum absolute atomic E-state index is 11.8. The summed E-state index contributed by atoms with van der Waals surface area (Å²) in [6.07, 6.45) is 3.67. The molecule has 0 atom stereocenters. The fraction of sp³-hybridized carbons (Fsp3) is 0.261. The Morgan fingerprint density at radius 1 is 1.17 bits per heavy atom. The minimum atomic E-state index is -0.358. The molecular formula is C23H25N3O3S. The molecule has 7 heteroatoms. The van der Waals surface area contributed by atoms with E-state index >= 15 is 0 Å². The number of aryl methyl sites for hydroxylation is 2. The van der Waals surface area contributed by atoms with Crippen molar-refractivity contribution in [3.63, 3.8) is 0 Å². The molecule has 3 aromatic rings. The lowest BCUT2D eigenvalue weighted by Gasteiger charge is -2.06. The number of ether oxygens (including phenoxy) is 2. The van der Waals surface area contributed by atoms with Gasteiger partial charge in [0.25, 0.3) is 0 Å². The fourth-order valence-corrected chi connectivity index (χ4v) is 3.56. The van der Waals surface area contributed by atoms with Crippen molar-refractivity contribution in [1.82, 2.24) is 4.98 Å². The van der Waals surface area contributed by atoms with E-state index in [2.05, 4.69) is 39.8 Å². The van der Waals surface area contributed by atoms with Gasteiger partial charge in [0.1, 0.15) is 10.6 Å². The highest BCUT2D eigenvalue weighted by atomic mass is 32.1. The Hall–Kier alpha value is -3.19. The summed E-state index contributed by atoms with van der Waals surface area (Å²) in [7, 11) is 0. The first kappa shape index (κ1) is 21.5. The number of aromatic nitrogens is 1. The molecule has 0 radical (unpaired) electrons. The van der Waals surface area contributed by atoms with Crippen molar-refractivity contribution >= 4 is 28.7 Å². The Labute approximate surface area is 180 Å². The number of benzene rings is 2. The highest BCUT2D eigenvalue weighted by Crippen LogP contribution is 2.23. The first-order valence-corrected chi connectivity index (χ1v) is 10.7. The summed E-state index contributed by atoms with van der Waals surface area (Å²) >= 11 is 1.22. The lowest BCUT2D eigenvalue weighted by Crippen LogP contribution is -2.03. The molecule has 0 spiro atoms. The maximum Gasteiger partial charge on any atom is 0.350 e. The minimum Gasteiger partial charge on any atom is -0.494 e. The van der Waals surface area contributed by atoms with E-state index in [4.69, 9.17) is 9.47 Å². The number of carbonyl (C=O) groups is 1. The number of anilines is 1. The van der Waals surface area contributed by atoms with Crippen molar-refractivity contribution in [2.45, 2.75) is 26.7 Å². The number of carbonyl (C=O) groups excluding carboxylic acids is 1. The summed E-state index contributed by atoms with van der Waals surface area (Å²) in [5, 5.41) is 4.74. The van der Waals surface area contributed by atoms with Gasteiger partial charge in [-0.2, -0.15) is 5.10 Å². The molecule has 0 saturated heterocycles. The van der Waals surface area contributed by atoms with E-state index in [9.17, 15) is 4.79 Å². The lowest BCUT2D eigenvalue weighted by atomic mass is 10.1. The van der Waals surface area contributed by atoms with E-state index in [1.165, 1.54) is 16.9 Å². The summed E-state index contributed by atoms with van der Waals surface area (Å²) in [6, 6.07) is 18.1. The monoisotopic (exact) mass is 423 g/mol. The predicted molar refractivity (Wildman–Crippen MR) is 121 cm³/mol. The standard InChI is InChI=1S/C23H25N3O3S/c1-3-28-22(27)21-17(2)25-23(30-21)26-24-16-19-11-13-20(14-12-19)29-15-7-10-18-8-5-4-6-9-18/h4-6,8-9,11-14,16H,3,7,10,15H2,1-2H3,(H,25,26)/b24-16-. The second-order valence-electron chi connectivity index (χ2n) is 6.53. The average Bonchev–Trinajstić information content (AvgIpc) is 3.14. The van der Waals surface area contributed by atoms with Gasteiger partial charge in [0.15, 0.2) is 0 Å². The van der Waals surface area contributed by atoms with Crippen LogP contribution in [0.25, 0.3) is 0 Å². The van der Waals surface area contributed by atoms with Crippen LogP contribution in [0.3, 0.4) is 0 Å². The lowest BCUT2D eigenvalue weighted by molar-refractivity contribution is 0.0531. The smallest absolute Gasteiger partial charge is 0.350 e. The molecule has 0 saturated carbocycles. The van der Waals surface area contributed by atoms with Gasteiger partial charge in [0.05, 0.1) is 25.1 Å². The van der Waals surface area contributed by atoms with Gasteiger partial charge in [-0.3, -0.25) is 5.43 Å². The molecule has 0 fully saturated rings. The zero-order valence-electron chi connectivity index (χ0n) is 17.1. The Balaban J connectivity index is 1.44. The maximum atomic E-state index is 11.8. The molecule has 30 heavy (non-hydrogen) atoms. The second kappa shape index (κ2) is 11.1. The summed E-state index contributed by atoms with van der Waals surface area (Å²) in [5.74, 6) is 0.478. The molecule has 0 aliphatic heterocycles. The van der Waals surface area contributed by atoms with Crippen LogP contribution in [0.5, 0.6) is 5.75 Å². The van der Waals surface area contributed by atoms with Crippen LogP contribution in [0.1, 0.15) is 39.8 Å². The quantitative estimate of drug-likeness (QED) is 0.213. The molecule has 1 heterocycles. The number of thiazole rings is 1. The highest BCUT2D eigenvalue weighted by molar-refractivity contribution is 7.17. The van der Waals surface area contributed by atoms with E-state index in [-0.39, 0.29) is 5.97 Å². The SMILES string of the molecule is CCOC(=O)c1sc(N/N=C\c2ccc(OCCCc3ccccc3)cc2)nc1C. The summed E-state index contributed by atoms with van der Waals surface area (Å²) in [5.41, 5.74) is 5.74. The van der Waals surface area contributed by atoms with Gasteiger partial charge < -0.3 is 9.47 Å². The van der Waals surface area contributed by atoms with E-state index in [1.54, 1.807) is 20.1 Å². The second-order valence-corrected chi connectivity index (χ2v) is 7.53. The molecule has 1 aromatic heterocycles. The van der Waals surface area contributed by atoms with E-state index in [1.807, 2.05) is 30.3 Å². The number of hydrogen-bond acceptors (Lipinski definition) is 7. The van der Waals surface area contributed by atoms with Crippen molar-refractivity contribution < 1.29 is 14.3 Å². The van der Waals surface area contributed by atoms with E-state index < -0.39 is 0 Å². The van der Waals surface area contributed by atoms with Crippen LogP contribution in [-0.4, -0.2) is 30.4 Å². The van der Waals surface area contributed by atoms with Crippen LogP contribution in [0, 0.1) is 6.92 Å². The van der Waals surface area contributed by atoms with Crippen molar-refractivity contribution in [1.29, 1.82) is 0 Å². The molecule has 2 aromatic carbocycles. The third-order valence-electron chi connectivity index (χ3n) is 4.23. The van der Waals surface area contributed by atoms with Gasteiger partial charge in [-0.1, -0.05) is 41.7 Å². The number of esters is 1. The molecular weight excluding hydrogens is 398 g/mol. The Kier molecular flexibility index (Phi) is 7.97. The van der Waals surface area contributed by atoms with Crippen molar-refractivity contribution in [2.24, 2.45) is 5.10 Å². The number of rotatable bonds is 10. The topological polar surface area (TPSA) is 72.8 Å². The summed E-state index contributed by atoms with van der Waals surface area (Å²) < 4.78 is 10.8. The van der Waals surface area contributed by atoms with E-state index in [0.717, 1.165) is 24.2 Å². The molecule has 6 nitrogen and oxygen atoms in total. The number of nitrogens with one attached hydrogen (secondary N) is 1. The molecule has 156 valence electrons. The summed E-state index contributed by atoms with van der Waals surface area (Å²) in [4.78, 5) is 16.6. The Morgan fingerprint density at radius 3 is 2.67 bits per heavy atom. The van der Waals surface area contributed by atoms with Gasteiger partial charge in [-0.25, -0.2) is 9.78 Å². The predicted octanol–water partition coefficient (Wildman–Crippen LogP) is 5.09. The van der Waals surface area contributed by atoms with Gasteiger partial charge in [0, 0.05) is 0 Å². The average molecular weight is 424 g/mol. The third kappa shape index (κ3) is 6.42. The van der Waals surface area contributed by atoms with Gasteiger partial charge in [-0.15, -0.1) is 0 Å². The zero-order valence-corrected chi connectivity index (χ0v) is 17.9. The van der Waals surface area contributed by atoms with Gasteiger partial charge >= 0.3 is 5.97 Å². The molecule has 0 aliphatic carbocycles. The Bertz CT molecular complexity index is 969. The third-order valence-corrected chi connectivity index (χ3v) is 5.27. The largest absolute Gasteiger partial charge is 0.494 e. The highest BCUT2D eigenvalue weighted by Gasteiger charge is 2.15. The van der Waals surface area contributed by atoms with Crippen LogP contribution in [0.15, 0.2) is 59.7 Å². The van der Waals surface area contributed by atoms with Crippen LogP contribution in [0.2, 0.25) is 0 Å². The number of nitrogens with zero attached hydrogens (tertiary/aromatic N) is 2. The first-order valence-electron chi connectivity index (χ1n) is 9.86. The van der Waals surface area contributed by atoms with Crippen LogP contribution in [0.4, 0.5) is 5.13 Å². The fourth-order valence-electron chi connectivity index (χ4n) is 2.75. The molecule has 0 aliphatic rings. The van der Waals surface area contributed by atoms with Crippen molar-refractivity contribution in [3.05, 3.63) is 76.3 Å². The minimum absolute atomic E-state index is 0.337. The van der Waals surface area contributed by atoms with Crippen molar-refractivity contribution in [2.75, 3.05) is 18.6 Å². The number of hydrogen-bond donors (Lipinski definition) is 1. The van der Waals surface area contributed by atoms with Gasteiger partial charge in [0.2, 0.25) is 5.13 Å². The molecule has 1 N–H and O–H groups in total. The van der Waals surface area contributed by atoms with Crippen LogP contribution >= 0.6 is 11.3 Å².